The number of Topliss-reactive ketones (excluding diaryl/α,β-unsaturated/α-hetero) is 1. The Balaban J connectivity index is 1.53. The number of alkyl halides is 4. The lowest BCUT2D eigenvalue weighted by atomic mass is 9.96. The number of carbonyl (C=O) groups excluding carboxylic acids is 2. The molecule has 1 aliphatic heterocycles. The van der Waals surface area contributed by atoms with Crippen molar-refractivity contribution in [3.05, 3.63) is 78.5 Å². The van der Waals surface area contributed by atoms with Gasteiger partial charge in [0.2, 0.25) is 5.91 Å². The lowest BCUT2D eigenvalue weighted by Crippen LogP contribution is -2.54. The SMILES string of the molecule is CSc1cccc(-c2ccc([C@H](N[C@@H](CC(C)(C)F)C(=O)NC3CCCN(S(=O)(=O)c4ccccn4)CC3=O)C(F)(F)F)cc2)c1. The molecule has 2 N–H and O–H groups in total. The van der Waals surface area contributed by atoms with Crippen LogP contribution in [0.2, 0.25) is 0 Å². The molecule has 2 heterocycles. The number of thioether (sulfide) groups is 1. The zero-order chi connectivity index (χ0) is 33.7. The van der Waals surface area contributed by atoms with Crippen LogP contribution in [0.25, 0.3) is 11.1 Å². The molecule has 8 nitrogen and oxygen atoms in total. The van der Waals surface area contributed by atoms with Gasteiger partial charge in [0.25, 0.3) is 10.0 Å². The number of sulfonamides is 1. The molecule has 0 radical (unpaired) electrons. The second-order valence-corrected chi connectivity index (χ2v) is 14.4. The number of nitrogens with zero attached hydrogens (tertiary/aromatic N) is 2. The number of benzene rings is 2. The van der Waals surface area contributed by atoms with Gasteiger partial charge in [-0.3, -0.25) is 14.9 Å². The summed E-state index contributed by atoms with van der Waals surface area (Å²) in [6.45, 7) is 1.70. The number of aromatic nitrogens is 1. The van der Waals surface area contributed by atoms with Crippen LogP contribution in [-0.2, 0) is 19.6 Å². The number of rotatable bonds is 11. The summed E-state index contributed by atoms with van der Waals surface area (Å²) in [7, 11) is -4.10. The lowest BCUT2D eigenvalue weighted by Gasteiger charge is -2.31. The van der Waals surface area contributed by atoms with Crippen molar-refractivity contribution >= 4 is 33.5 Å². The highest BCUT2D eigenvalue weighted by Gasteiger charge is 2.44. The Morgan fingerprint density at radius 3 is 2.37 bits per heavy atom. The molecule has 1 unspecified atom stereocenters. The maximum absolute atomic E-state index is 14.9. The van der Waals surface area contributed by atoms with Gasteiger partial charge in [0, 0.05) is 24.1 Å². The van der Waals surface area contributed by atoms with Gasteiger partial charge >= 0.3 is 6.18 Å². The topological polar surface area (TPSA) is 108 Å². The Hall–Kier alpha value is -3.33. The zero-order valence-corrected chi connectivity index (χ0v) is 27.2. The van der Waals surface area contributed by atoms with Crippen molar-refractivity contribution < 1.29 is 35.6 Å². The predicted molar refractivity (Wildman–Crippen MR) is 168 cm³/mol. The molecule has 0 aliphatic carbocycles. The third kappa shape index (κ3) is 9.14. The highest BCUT2D eigenvalue weighted by molar-refractivity contribution is 7.98. The van der Waals surface area contributed by atoms with Gasteiger partial charge in [0.05, 0.1) is 18.6 Å². The first-order valence-electron chi connectivity index (χ1n) is 14.6. The number of amides is 1. The van der Waals surface area contributed by atoms with Gasteiger partial charge in [0.15, 0.2) is 10.8 Å². The van der Waals surface area contributed by atoms with E-state index in [9.17, 15) is 35.6 Å². The molecule has 14 heteroatoms. The van der Waals surface area contributed by atoms with Crippen molar-refractivity contribution in [2.45, 2.75) is 73.0 Å². The Bertz CT molecular complexity index is 1620. The highest BCUT2D eigenvalue weighted by Crippen LogP contribution is 2.35. The number of carbonyl (C=O) groups is 2. The Labute approximate surface area is 270 Å². The van der Waals surface area contributed by atoms with E-state index in [-0.39, 0.29) is 30.0 Å². The molecule has 0 saturated carbocycles. The fourth-order valence-electron chi connectivity index (χ4n) is 5.22. The third-order valence-electron chi connectivity index (χ3n) is 7.53. The van der Waals surface area contributed by atoms with E-state index in [0.29, 0.717) is 5.56 Å². The van der Waals surface area contributed by atoms with Crippen molar-refractivity contribution in [3.8, 4) is 11.1 Å². The molecule has 3 atom stereocenters. The quantitative estimate of drug-likeness (QED) is 0.197. The smallest absolute Gasteiger partial charge is 0.345 e. The maximum atomic E-state index is 14.9. The maximum Gasteiger partial charge on any atom is 0.407 e. The number of hydrogen-bond donors (Lipinski definition) is 2. The van der Waals surface area contributed by atoms with Crippen LogP contribution in [0.4, 0.5) is 17.6 Å². The van der Waals surface area contributed by atoms with Crippen molar-refractivity contribution in [1.29, 1.82) is 0 Å². The molecule has 1 saturated heterocycles. The zero-order valence-electron chi connectivity index (χ0n) is 25.6. The van der Waals surface area contributed by atoms with Crippen LogP contribution in [0.5, 0.6) is 0 Å². The molecule has 4 rings (SSSR count). The van der Waals surface area contributed by atoms with Crippen LogP contribution in [0.3, 0.4) is 0 Å². The minimum atomic E-state index is -4.85. The molecule has 1 aliphatic rings. The molecule has 46 heavy (non-hydrogen) atoms. The molecule has 0 spiro atoms. The normalized spacial score (nSPS) is 18.1. The molecule has 1 fully saturated rings. The minimum absolute atomic E-state index is 0.0239. The first-order valence-corrected chi connectivity index (χ1v) is 17.3. The summed E-state index contributed by atoms with van der Waals surface area (Å²) in [5.41, 5.74) is -0.692. The largest absolute Gasteiger partial charge is 0.407 e. The van der Waals surface area contributed by atoms with Crippen molar-refractivity contribution in [2.24, 2.45) is 0 Å². The average Bonchev–Trinajstić information content (AvgIpc) is 3.20. The van der Waals surface area contributed by atoms with Crippen LogP contribution in [0, 0.1) is 0 Å². The summed E-state index contributed by atoms with van der Waals surface area (Å²) in [6, 6.07) is 12.5. The molecule has 1 amide bonds. The number of ketones is 1. The third-order valence-corrected chi connectivity index (χ3v) is 10.0. The number of pyridine rings is 1. The summed E-state index contributed by atoms with van der Waals surface area (Å²) < 4.78 is 85.2. The van der Waals surface area contributed by atoms with Crippen molar-refractivity contribution in [3.63, 3.8) is 0 Å². The molecule has 248 valence electrons. The molecule has 3 aromatic rings. The van der Waals surface area contributed by atoms with Crippen LogP contribution >= 0.6 is 11.8 Å². The summed E-state index contributed by atoms with van der Waals surface area (Å²) in [5, 5.41) is 4.54. The monoisotopic (exact) mass is 680 g/mol. The van der Waals surface area contributed by atoms with E-state index in [1.807, 2.05) is 30.5 Å². The fourth-order valence-corrected chi connectivity index (χ4v) is 7.06. The summed E-state index contributed by atoms with van der Waals surface area (Å²) in [6.07, 6.45) is -2.01. The van der Waals surface area contributed by atoms with Crippen LogP contribution < -0.4 is 10.6 Å². The fraction of sp³-hybridized carbons (Fsp3) is 0.406. The van der Waals surface area contributed by atoms with Crippen LogP contribution in [0.1, 0.15) is 44.7 Å². The van der Waals surface area contributed by atoms with E-state index in [2.05, 4.69) is 15.6 Å². The average molecular weight is 681 g/mol. The molecular weight excluding hydrogens is 645 g/mol. The summed E-state index contributed by atoms with van der Waals surface area (Å²) >= 11 is 1.54. The Morgan fingerprint density at radius 2 is 1.76 bits per heavy atom. The molecule has 2 aromatic carbocycles. The number of hydrogen-bond acceptors (Lipinski definition) is 7. The second-order valence-electron chi connectivity index (χ2n) is 11.6. The van der Waals surface area contributed by atoms with E-state index < -0.39 is 64.6 Å². The number of halogens is 4. The number of nitrogens with one attached hydrogen (secondary N) is 2. The van der Waals surface area contributed by atoms with Crippen molar-refractivity contribution in [2.75, 3.05) is 19.3 Å². The highest BCUT2D eigenvalue weighted by atomic mass is 32.2. The van der Waals surface area contributed by atoms with E-state index >= 15 is 0 Å². The molecule has 0 bridgehead atoms. The van der Waals surface area contributed by atoms with Crippen molar-refractivity contribution in [1.82, 2.24) is 19.9 Å². The van der Waals surface area contributed by atoms with E-state index in [0.717, 1.165) is 28.6 Å². The van der Waals surface area contributed by atoms with Gasteiger partial charge in [0.1, 0.15) is 11.7 Å². The minimum Gasteiger partial charge on any atom is -0.345 e. The van der Waals surface area contributed by atoms with Gasteiger partial charge in [-0.15, -0.1) is 11.8 Å². The van der Waals surface area contributed by atoms with Gasteiger partial charge in [-0.2, -0.15) is 17.5 Å². The van der Waals surface area contributed by atoms with Crippen LogP contribution in [-0.4, -0.2) is 72.7 Å². The molecule has 1 aromatic heterocycles. The van der Waals surface area contributed by atoms with E-state index in [1.165, 1.54) is 42.2 Å². The van der Waals surface area contributed by atoms with Gasteiger partial charge in [-0.05, 0) is 73.9 Å². The Kier molecular flexibility index (Phi) is 11.3. The van der Waals surface area contributed by atoms with Crippen LogP contribution in [0.15, 0.2) is 82.8 Å². The summed E-state index contributed by atoms with van der Waals surface area (Å²) in [4.78, 5) is 31.4. The van der Waals surface area contributed by atoms with Gasteiger partial charge in [-0.25, -0.2) is 17.8 Å². The predicted octanol–water partition coefficient (Wildman–Crippen LogP) is 5.71. The van der Waals surface area contributed by atoms with E-state index in [4.69, 9.17) is 0 Å². The Morgan fingerprint density at radius 1 is 1.04 bits per heavy atom. The second kappa shape index (κ2) is 14.6. The first kappa shape index (κ1) is 35.5. The summed E-state index contributed by atoms with van der Waals surface area (Å²) in [5.74, 6) is -1.64. The van der Waals surface area contributed by atoms with Gasteiger partial charge in [-0.1, -0.05) is 42.5 Å². The first-order chi connectivity index (χ1) is 21.6. The molecular formula is C32H36F4N4O4S2. The standard InChI is InChI=1S/C32H36F4N4O4S2/c1-31(2,33)19-26(30(42)39-25-10-7-17-40(20-27(25)41)46(43,44)28-11-4-5-16-37-28)38-29(32(34,35)36)22-14-12-21(13-15-22)23-8-6-9-24(18-23)45-3/h4-6,8-9,11-16,18,25-26,29,38H,7,10,17,19-20H2,1-3H3,(H,39,42)/t25?,26-,29-/m0/s1. The van der Waals surface area contributed by atoms with E-state index in [1.54, 1.807) is 18.2 Å². The lowest BCUT2D eigenvalue weighted by molar-refractivity contribution is -0.161. The van der Waals surface area contributed by atoms with Gasteiger partial charge < -0.3 is 5.32 Å².